The summed E-state index contributed by atoms with van der Waals surface area (Å²) in [6.07, 6.45) is 2.19. The fourth-order valence-electron chi connectivity index (χ4n) is 1.58. The number of hydrogen-bond donors (Lipinski definition) is 0. The van der Waals surface area contributed by atoms with Gasteiger partial charge < -0.3 is 9.53 Å². The van der Waals surface area contributed by atoms with Crippen LogP contribution in [0.25, 0.3) is 0 Å². The fraction of sp³-hybridized carbons (Fsp3) is 0.467. The van der Waals surface area contributed by atoms with Crippen molar-refractivity contribution in [1.29, 1.82) is 0 Å². The Kier molecular flexibility index (Phi) is 6.12. The summed E-state index contributed by atoms with van der Waals surface area (Å²) in [5.74, 6) is -0.0650. The number of ether oxygens (including phenoxy) is 1. The van der Waals surface area contributed by atoms with Crippen molar-refractivity contribution in [2.75, 3.05) is 6.61 Å². The van der Waals surface area contributed by atoms with Crippen LogP contribution >= 0.6 is 0 Å². The minimum absolute atomic E-state index is 0.130. The predicted octanol–water partition coefficient (Wildman–Crippen LogP) is 2.84. The van der Waals surface area contributed by atoms with E-state index in [1.807, 2.05) is 31.2 Å². The highest BCUT2D eigenvalue weighted by Crippen LogP contribution is 2.06. The molecule has 0 radical (unpaired) electrons. The van der Waals surface area contributed by atoms with Gasteiger partial charge in [-0.15, -0.1) is 0 Å². The smallest absolute Gasteiger partial charge is 0.306 e. The third-order valence-electron chi connectivity index (χ3n) is 2.67. The van der Waals surface area contributed by atoms with E-state index in [1.165, 1.54) is 5.56 Å². The SMILES string of the molecule is CC(=O)CCCOC(=O)CCc1ccc(C)cc1. The fourth-order valence-corrected chi connectivity index (χ4v) is 1.58. The summed E-state index contributed by atoms with van der Waals surface area (Å²) in [7, 11) is 0. The van der Waals surface area contributed by atoms with Crippen LogP contribution in [0.15, 0.2) is 24.3 Å². The second kappa shape index (κ2) is 7.64. The highest BCUT2D eigenvalue weighted by molar-refractivity contribution is 5.75. The predicted molar refractivity (Wildman–Crippen MR) is 70.4 cm³/mol. The molecular formula is C15H20O3. The van der Waals surface area contributed by atoms with Gasteiger partial charge in [-0.05, 0) is 32.3 Å². The van der Waals surface area contributed by atoms with Gasteiger partial charge in [0, 0.05) is 12.8 Å². The Labute approximate surface area is 108 Å². The van der Waals surface area contributed by atoms with E-state index in [-0.39, 0.29) is 11.8 Å². The summed E-state index contributed by atoms with van der Waals surface area (Å²) in [6.45, 7) is 3.92. The number of esters is 1. The lowest BCUT2D eigenvalue weighted by Crippen LogP contribution is -2.08. The summed E-state index contributed by atoms with van der Waals surface area (Å²) in [5, 5.41) is 0. The standard InChI is InChI=1S/C15H20O3/c1-12-5-7-14(8-6-12)9-10-15(17)18-11-3-4-13(2)16/h5-8H,3-4,9-11H2,1-2H3. The van der Waals surface area contributed by atoms with Gasteiger partial charge in [0.1, 0.15) is 5.78 Å². The lowest BCUT2D eigenvalue weighted by atomic mass is 10.1. The number of carbonyl (C=O) groups is 2. The van der Waals surface area contributed by atoms with Crippen LogP contribution in [-0.4, -0.2) is 18.4 Å². The Morgan fingerprint density at radius 1 is 1.11 bits per heavy atom. The van der Waals surface area contributed by atoms with Crippen LogP contribution in [0.2, 0.25) is 0 Å². The molecule has 0 atom stereocenters. The second-order valence-corrected chi connectivity index (χ2v) is 4.51. The Hall–Kier alpha value is -1.64. The Balaban J connectivity index is 2.17. The zero-order valence-electron chi connectivity index (χ0n) is 11.1. The van der Waals surface area contributed by atoms with Gasteiger partial charge in [0.05, 0.1) is 6.61 Å². The van der Waals surface area contributed by atoms with E-state index in [0.717, 1.165) is 5.56 Å². The molecular weight excluding hydrogens is 228 g/mol. The number of hydrogen-bond acceptors (Lipinski definition) is 3. The van der Waals surface area contributed by atoms with E-state index in [1.54, 1.807) is 6.92 Å². The van der Waals surface area contributed by atoms with E-state index in [9.17, 15) is 9.59 Å². The molecule has 0 amide bonds. The molecule has 0 aliphatic heterocycles. The Morgan fingerprint density at radius 2 is 1.78 bits per heavy atom. The number of rotatable bonds is 7. The molecule has 0 heterocycles. The van der Waals surface area contributed by atoms with Crippen molar-refractivity contribution < 1.29 is 14.3 Å². The number of carbonyl (C=O) groups excluding carboxylic acids is 2. The van der Waals surface area contributed by atoms with Gasteiger partial charge >= 0.3 is 5.97 Å². The maximum atomic E-state index is 11.4. The molecule has 18 heavy (non-hydrogen) atoms. The molecule has 1 rings (SSSR count). The zero-order valence-corrected chi connectivity index (χ0v) is 11.1. The van der Waals surface area contributed by atoms with Crippen molar-refractivity contribution in [2.45, 2.75) is 39.5 Å². The van der Waals surface area contributed by atoms with Crippen molar-refractivity contribution >= 4 is 11.8 Å². The molecule has 98 valence electrons. The van der Waals surface area contributed by atoms with Crippen molar-refractivity contribution in [1.82, 2.24) is 0 Å². The van der Waals surface area contributed by atoms with Crippen molar-refractivity contribution in [3.05, 3.63) is 35.4 Å². The van der Waals surface area contributed by atoms with Crippen molar-refractivity contribution in [2.24, 2.45) is 0 Å². The largest absolute Gasteiger partial charge is 0.466 e. The first-order valence-corrected chi connectivity index (χ1v) is 6.28. The van der Waals surface area contributed by atoms with Gasteiger partial charge in [0.15, 0.2) is 0 Å². The van der Waals surface area contributed by atoms with E-state index in [2.05, 4.69) is 0 Å². The molecule has 1 aromatic rings. The van der Waals surface area contributed by atoms with E-state index < -0.39 is 0 Å². The lowest BCUT2D eigenvalue weighted by molar-refractivity contribution is -0.144. The average Bonchev–Trinajstić information content (AvgIpc) is 2.34. The van der Waals surface area contributed by atoms with E-state index in [0.29, 0.717) is 32.3 Å². The molecule has 0 saturated carbocycles. The first-order chi connectivity index (χ1) is 8.58. The summed E-state index contributed by atoms with van der Waals surface area (Å²) >= 11 is 0. The molecule has 0 spiro atoms. The van der Waals surface area contributed by atoms with Crippen LogP contribution in [-0.2, 0) is 20.7 Å². The van der Waals surface area contributed by atoms with Gasteiger partial charge in [-0.25, -0.2) is 0 Å². The molecule has 0 saturated heterocycles. The third-order valence-corrected chi connectivity index (χ3v) is 2.67. The Bertz CT molecular complexity index is 393. The zero-order chi connectivity index (χ0) is 13.4. The first-order valence-electron chi connectivity index (χ1n) is 6.28. The number of Topliss-reactive ketones (excluding diaryl/α,β-unsaturated/α-hetero) is 1. The summed E-state index contributed by atoms with van der Waals surface area (Å²) < 4.78 is 5.05. The minimum atomic E-state index is -0.195. The van der Waals surface area contributed by atoms with Gasteiger partial charge in [-0.3, -0.25) is 4.79 Å². The minimum Gasteiger partial charge on any atom is -0.466 e. The second-order valence-electron chi connectivity index (χ2n) is 4.51. The normalized spacial score (nSPS) is 10.1. The van der Waals surface area contributed by atoms with Crippen molar-refractivity contribution in [3.8, 4) is 0 Å². The third kappa shape index (κ3) is 6.18. The van der Waals surface area contributed by atoms with Crippen LogP contribution in [0.1, 0.15) is 37.3 Å². The quantitative estimate of drug-likeness (QED) is 0.550. The topological polar surface area (TPSA) is 43.4 Å². The van der Waals surface area contributed by atoms with Gasteiger partial charge in [-0.1, -0.05) is 29.8 Å². The molecule has 3 heteroatoms. The lowest BCUT2D eigenvalue weighted by Gasteiger charge is -2.04. The highest BCUT2D eigenvalue weighted by atomic mass is 16.5. The molecule has 0 N–H and O–H groups in total. The van der Waals surface area contributed by atoms with E-state index >= 15 is 0 Å². The number of aryl methyl sites for hydroxylation is 2. The van der Waals surface area contributed by atoms with E-state index in [4.69, 9.17) is 4.74 Å². The summed E-state index contributed by atoms with van der Waals surface area (Å²) in [5.41, 5.74) is 2.35. The van der Waals surface area contributed by atoms with Crippen LogP contribution in [0.5, 0.6) is 0 Å². The molecule has 0 fully saturated rings. The van der Waals surface area contributed by atoms with Crippen LogP contribution < -0.4 is 0 Å². The van der Waals surface area contributed by atoms with Gasteiger partial charge in [0.25, 0.3) is 0 Å². The maximum absolute atomic E-state index is 11.4. The Morgan fingerprint density at radius 3 is 2.39 bits per heavy atom. The molecule has 0 aliphatic rings. The number of ketones is 1. The molecule has 0 unspecified atom stereocenters. The van der Waals surface area contributed by atoms with Crippen LogP contribution in [0.3, 0.4) is 0 Å². The van der Waals surface area contributed by atoms with Gasteiger partial charge in [-0.2, -0.15) is 0 Å². The molecule has 3 nitrogen and oxygen atoms in total. The van der Waals surface area contributed by atoms with Crippen molar-refractivity contribution in [3.63, 3.8) is 0 Å². The molecule has 0 aromatic heterocycles. The highest BCUT2D eigenvalue weighted by Gasteiger charge is 2.04. The molecule has 1 aromatic carbocycles. The van der Waals surface area contributed by atoms with Crippen LogP contribution in [0.4, 0.5) is 0 Å². The average molecular weight is 248 g/mol. The molecule has 0 aliphatic carbocycles. The summed E-state index contributed by atoms with van der Waals surface area (Å²) in [4.78, 5) is 22.1. The van der Waals surface area contributed by atoms with Crippen LogP contribution in [0, 0.1) is 6.92 Å². The first kappa shape index (κ1) is 14.4. The van der Waals surface area contributed by atoms with Gasteiger partial charge in [0.2, 0.25) is 0 Å². The monoisotopic (exact) mass is 248 g/mol. The maximum Gasteiger partial charge on any atom is 0.306 e. The summed E-state index contributed by atoms with van der Waals surface area (Å²) in [6, 6.07) is 8.12. The number of benzene rings is 1. The molecule has 0 bridgehead atoms.